The second-order valence-corrected chi connectivity index (χ2v) is 7.33. The second kappa shape index (κ2) is 6.52. The molecule has 1 heterocycles. The van der Waals surface area contributed by atoms with Crippen molar-refractivity contribution in [1.82, 2.24) is 4.31 Å². The lowest BCUT2D eigenvalue weighted by molar-refractivity contribution is -0.119. The summed E-state index contributed by atoms with van der Waals surface area (Å²) in [6.45, 7) is 0.365. The summed E-state index contributed by atoms with van der Waals surface area (Å²) in [5.74, 6) is -0.284. The maximum Gasteiger partial charge on any atom is 0.243 e. The molecule has 120 valence electrons. The van der Waals surface area contributed by atoms with Gasteiger partial charge in [-0.3, -0.25) is 4.79 Å². The van der Waals surface area contributed by atoms with E-state index in [1.54, 1.807) is 42.5 Å². The third kappa shape index (κ3) is 3.28. The Hall–Kier alpha value is -2.18. The molecule has 1 aliphatic heterocycles. The van der Waals surface area contributed by atoms with E-state index in [1.165, 1.54) is 4.31 Å². The highest BCUT2D eigenvalue weighted by molar-refractivity contribution is 7.89. The first-order valence-corrected chi connectivity index (χ1v) is 8.96. The van der Waals surface area contributed by atoms with Gasteiger partial charge in [-0.2, -0.15) is 4.31 Å². The summed E-state index contributed by atoms with van der Waals surface area (Å²) in [5, 5.41) is 2.79. The Kier molecular flexibility index (Phi) is 4.45. The number of carbonyl (C=O) groups excluding carboxylic acids is 1. The number of sulfonamides is 1. The monoisotopic (exact) mass is 330 g/mol. The van der Waals surface area contributed by atoms with Crippen LogP contribution >= 0.6 is 0 Å². The summed E-state index contributed by atoms with van der Waals surface area (Å²) < 4.78 is 26.8. The predicted molar refractivity (Wildman–Crippen MR) is 88.4 cm³/mol. The van der Waals surface area contributed by atoms with Gasteiger partial charge in [0.05, 0.1) is 4.90 Å². The minimum atomic E-state index is -3.65. The molecule has 5 nitrogen and oxygen atoms in total. The van der Waals surface area contributed by atoms with E-state index in [-0.39, 0.29) is 10.8 Å². The molecule has 1 N–H and O–H groups in total. The van der Waals surface area contributed by atoms with Crippen LogP contribution in [0.4, 0.5) is 5.69 Å². The van der Waals surface area contributed by atoms with Crippen LogP contribution in [0.25, 0.3) is 0 Å². The number of para-hydroxylation sites is 1. The molecule has 0 aliphatic carbocycles. The van der Waals surface area contributed by atoms with Gasteiger partial charge in [-0.25, -0.2) is 8.42 Å². The standard InChI is InChI=1S/C17H18N2O3S/c20-17(18-14-8-3-1-4-9-14)16-12-7-13-19(16)23(21,22)15-10-5-2-6-11-15/h1-6,8-11,16H,7,12-13H2,(H,18,20). The van der Waals surface area contributed by atoms with Crippen molar-refractivity contribution in [3.63, 3.8) is 0 Å². The number of carbonyl (C=O) groups is 1. The first-order valence-electron chi connectivity index (χ1n) is 7.52. The highest BCUT2D eigenvalue weighted by atomic mass is 32.2. The van der Waals surface area contributed by atoms with Crippen LogP contribution in [-0.2, 0) is 14.8 Å². The summed E-state index contributed by atoms with van der Waals surface area (Å²) in [5.41, 5.74) is 0.668. The van der Waals surface area contributed by atoms with Crippen molar-refractivity contribution in [2.75, 3.05) is 11.9 Å². The van der Waals surface area contributed by atoms with Crippen LogP contribution < -0.4 is 5.32 Å². The zero-order valence-electron chi connectivity index (χ0n) is 12.6. The van der Waals surface area contributed by atoms with Crippen LogP contribution in [0, 0.1) is 0 Å². The van der Waals surface area contributed by atoms with Gasteiger partial charge in [0.15, 0.2) is 0 Å². The average molecular weight is 330 g/mol. The Morgan fingerprint density at radius 2 is 1.61 bits per heavy atom. The minimum Gasteiger partial charge on any atom is -0.325 e. The Labute approximate surface area is 136 Å². The van der Waals surface area contributed by atoms with Crippen molar-refractivity contribution in [3.05, 3.63) is 60.7 Å². The van der Waals surface area contributed by atoms with Gasteiger partial charge >= 0.3 is 0 Å². The molecule has 1 atom stereocenters. The highest BCUT2D eigenvalue weighted by Gasteiger charge is 2.39. The quantitative estimate of drug-likeness (QED) is 0.936. The maximum absolute atomic E-state index is 12.7. The molecule has 0 radical (unpaired) electrons. The van der Waals surface area contributed by atoms with E-state index in [9.17, 15) is 13.2 Å². The van der Waals surface area contributed by atoms with Crippen LogP contribution in [0.5, 0.6) is 0 Å². The van der Waals surface area contributed by atoms with Crippen LogP contribution in [-0.4, -0.2) is 31.2 Å². The molecular weight excluding hydrogens is 312 g/mol. The van der Waals surface area contributed by atoms with E-state index in [2.05, 4.69) is 5.32 Å². The van der Waals surface area contributed by atoms with Crippen molar-refractivity contribution in [1.29, 1.82) is 0 Å². The molecule has 1 unspecified atom stereocenters. The number of anilines is 1. The lowest BCUT2D eigenvalue weighted by Crippen LogP contribution is -2.43. The molecule has 0 saturated carbocycles. The van der Waals surface area contributed by atoms with Gasteiger partial charge in [0.25, 0.3) is 0 Å². The molecule has 1 aliphatic rings. The molecule has 1 saturated heterocycles. The second-order valence-electron chi connectivity index (χ2n) is 5.44. The normalized spacial score (nSPS) is 18.7. The number of amides is 1. The summed E-state index contributed by atoms with van der Waals surface area (Å²) in [4.78, 5) is 12.7. The molecule has 23 heavy (non-hydrogen) atoms. The molecule has 0 spiro atoms. The summed E-state index contributed by atoms with van der Waals surface area (Å²) in [6.07, 6.45) is 1.21. The maximum atomic E-state index is 12.7. The predicted octanol–water partition coefficient (Wildman–Crippen LogP) is 2.48. The van der Waals surface area contributed by atoms with Crippen molar-refractivity contribution in [2.45, 2.75) is 23.8 Å². The third-order valence-electron chi connectivity index (χ3n) is 3.90. The minimum absolute atomic E-state index is 0.222. The van der Waals surface area contributed by atoms with Gasteiger partial charge in [-0.1, -0.05) is 36.4 Å². The molecule has 2 aromatic rings. The number of hydrogen-bond donors (Lipinski definition) is 1. The molecule has 6 heteroatoms. The van der Waals surface area contributed by atoms with E-state index in [1.807, 2.05) is 18.2 Å². The Morgan fingerprint density at radius 3 is 2.26 bits per heavy atom. The van der Waals surface area contributed by atoms with Crippen LogP contribution in [0.2, 0.25) is 0 Å². The fraction of sp³-hybridized carbons (Fsp3) is 0.235. The van der Waals surface area contributed by atoms with Gasteiger partial charge in [0, 0.05) is 12.2 Å². The fourth-order valence-corrected chi connectivity index (χ4v) is 4.44. The molecule has 2 aromatic carbocycles. The van der Waals surface area contributed by atoms with Crippen LogP contribution in [0.3, 0.4) is 0 Å². The fourth-order valence-electron chi connectivity index (χ4n) is 2.76. The number of hydrogen-bond acceptors (Lipinski definition) is 3. The highest BCUT2D eigenvalue weighted by Crippen LogP contribution is 2.26. The van der Waals surface area contributed by atoms with Crippen LogP contribution in [0.15, 0.2) is 65.6 Å². The number of nitrogens with zero attached hydrogens (tertiary/aromatic N) is 1. The molecule has 0 bridgehead atoms. The number of benzene rings is 2. The van der Waals surface area contributed by atoms with E-state index in [0.717, 1.165) is 0 Å². The molecule has 1 fully saturated rings. The number of nitrogens with one attached hydrogen (secondary N) is 1. The van der Waals surface area contributed by atoms with E-state index in [0.29, 0.717) is 25.1 Å². The topological polar surface area (TPSA) is 66.5 Å². The first kappa shape index (κ1) is 15.7. The average Bonchev–Trinajstić information content (AvgIpc) is 3.07. The van der Waals surface area contributed by atoms with Crippen molar-refractivity contribution in [2.24, 2.45) is 0 Å². The number of rotatable bonds is 4. The summed E-state index contributed by atoms with van der Waals surface area (Å²) >= 11 is 0. The lowest BCUT2D eigenvalue weighted by atomic mass is 10.2. The summed E-state index contributed by atoms with van der Waals surface area (Å²) in [6, 6.07) is 16.6. The zero-order valence-corrected chi connectivity index (χ0v) is 13.4. The van der Waals surface area contributed by atoms with E-state index >= 15 is 0 Å². The van der Waals surface area contributed by atoms with Gasteiger partial charge in [-0.05, 0) is 37.1 Å². The summed E-state index contributed by atoms with van der Waals surface area (Å²) in [7, 11) is -3.65. The third-order valence-corrected chi connectivity index (χ3v) is 5.82. The Bertz CT molecular complexity index is 776. The van der Waals surface area contributed by atoms with Crippen LogP contribution in [0.1, 0.15) is 12.8 Å². The molecule has 1 amide bonds. The van der Waals surface area contributed by atoms with Crippen molar-refractivity contribution in [3.8, 4) is 0 Å². The van der Waals surface area contributed by atoms with Gasteiger partial charge in [0.2, 0.25) is 15.9 Å². The largest absolute Gasteiger partial charge is 0.325 e. The van der Waals surface area contributed by atoms with Gasteiger partial charge in [0.1, 0.15) is 6.04 Å². The molecule has 0 aromatic heterocycles. The molecular formula is C17H18N2O3S. The Balaban J connectivity index is 1.82. The SMILES string of the molecule is O=C(Nc1ccccc1)C1CCCN1S(=O)(=O)c1ccccc1. The zero-order chi connectivity index (χ0) is 16.3. The van der Waals surface area contributed by atoms with Gasteiger partial charge in [-0.15, -0.1) is 0 Å². The molecule has 3 rings (SSSR count). The van der Waals surface area contributed by atoms with E-state index in [4.69, 9.17) is 0 Å². The van der Waals surface area contributed by atoms with E-state index < -0.39 is 16.1 Å². The smallest absolute Gasteiger partial charge is 0.243 e. The van der Waals surface area contributed by atoms with Crippen molar-refractivity contribution >= 4 is 21.6 Å². The van der Waals surface area contributed by atoms with Crippen molar-refractivity contribution < 1.29 is 13.2 Å². The first-order chi connectivity index (χ1) is 11.1. The lowest BCUT2D eigenvalue weighted by Gasteiger charge is -2.23. The van der Waals surface area contributed by atoms with Gasteiger partial charge < -0.3 is 5.32 Å². The Morgan fingerprint density at radius 1 is 1.00 bits per heavy atom.